The number of rotatable bonds is 8. The van der Waals surface area contributed by atoms with E-state index < -0.39 is 6.61 Å². The summed E-state index contributed by atoms with van der Waals surface area (Å²) in [5, 5.41) is 8.32. The number of nitrogens with zero attached hydrogens (tertiary/aromatic N) is 2. The molecule has 0 N–H and O–H groups in total. The molecule has 2 aromatic carbocycles. The van der Waals surface area contributed by atoms with Gasteiger partial charge in [0.25, 0.3) is 11.1 Å². The summed E-state index contributed by atoms with van der Waals surface area (Å²) < 4.78 is 40.2. The van der Waals surface area contributed by atoms with Gasteiger partial charge in [0.2, 0.25) is 0 Å². The van der Waals surface area contributed by atoms with E-state index in [9.17, 15) is 8.78 Å². The lowest BCUT2D eigenvalue weighted by Gasteiger charge is -2.07. The maximum Gasteiger partial charge on any atom is 0.387 e. The van der Waals surface area contributed by atoms with E-state index in [1.165, 1.54) is 17.8 Å². The van der Waals surface area contributed by atoms with Gasteiger partial charge >= 0.3 is 6.61 Å². The van der Waals surface area contributed by atoms with E-state index in [1.54, 1.807) is 12.1 Å². The van der Waals surface area contributed by atoms with Crippen molar-refractivity contribution in [2.45, 2.75) is 38.0 Å². The van der Waals surface area contributed by atoms with E-state index in [-0.39, 0.29) is 12.4 Å². The van der Waals surface area contributed by atoms with Gasteiger partial charge in [0.15, 0.2) is 6.61 Å². The molecular weight excluding hydrogens is 374 g/mol. The van der Waals surface area contributed by atoms with Gasteiger partial charge in [-0.1, -0.05) is 36.0 Å². The number of ether oxygens (including phenoxy) is 2. The van der Waals surface area contributed by atoms with Crippen LogP contribution in [0.2, 0.25) is 0 Å². The van der Waals surface area contributed by atoms with Crippen LogP contribution in [0, 0.1) is 13.8 Å². The fraction of sp³-hybridized carbons (Fsp3) is 0.263. The smallest absolute Gasteiger partial charge is 0.387 e. The van der Waals surface area contributed by atoms with Crippen molar-refractivity contribution in [3.05, 3.63) is 65.0 Å². The molecule has 8 heteroatoms. The third-order valence-electron chi connectivity index (χ3n) is 3.63. The fourth-order valence-electron chi connectivity index (χ4n) is 2.31. The Labute approximate surface area is 159 Å². The SMILES string of the molecule is Cc1ccc(C)c(OCc2nnc(SCc3cccc(OC(F)F)c3)o2)c1. The number of aryl methyl sites for hydroxylation is 2. The Hall–Kier alpha value is -2.61. The molecule has 0 saturated heterocycles. The number of hydrogen-bond acceptors (Lipinski definition) is 6. The molecule has 0 amide bonds. The van der Waals surface area contributed by atoms with Crippen LogP contribution >= 0.6 is 11.8 Å². The molecule has 0 spiro atoms. The van der Waals surface area contributed by atoms with Gasteiger partial charge in [-0.3, -0.25) is 0 Å². The molecular formula is C19H18F2N2O3S. The van der Waals surface area contributed by atoms with Crippen LogP contribution in [0.15, 0.2) is 52.1 Å². The van der Waals surface area contributed by atoms with Crippen LogP contribution in [0.3, 0.4) is 0 Å². The number of hydrogen-bond donors (Lipinski definition) is 0. The molecule has 1 heterocycles. The Bertz CT molecular complexity index is 902. The van der Waals surface area contributed by atoms with Crippen LogP contribution in [-0.2, 0) is 12.4 Å². The predicted octanol–water partition coefficient (Wildman–Crippen LogP) is 5.16. The molecule has 5 nitrogen and oxygen atoms in total. The highest BCUT2D eigenvalue weighted by Gasteiger charge is 2.10. The van der Waals surface area contributed by atoms with E-state index >= 15 is 0 Å². The third-order valence-corrected chi connectivity index (χ3v) is 4.52. The number of benzene rings is 2. The minimum absolute atomic E-state index is 0.122. The maximum atomic E-state index is 12.3. The first kappa shape index (κ1) is 19.2. The second-order valence-corrected chi connectivity index (χ2v) is 6.76. The largest absolute Gasteiger partial charge is 0.484 e. The molecule has 3 rings (SSSR count). The molecule has 0 saturated carbocycles. The topological polar surface area (TPSA) is 57.4 Å². The van der Waals surface area contributed by atoms with E-state index in [2.05, 4.69) is 14.9 Å². The highest BCUT2D eigenvalue weighted by Crippen LogP contribution is 2.25. The lowest BCUT2D eigenvalue weighted by molar-refractivity contribution is -0.0498. The molecule has 0 aliphatic heterocycles. The average Bonchev–Trinajstić information content (AvgIpc) is 3.08. The normalized spacial score (nSPS) is 11.0. The van der Waals surface area contributed by atoms with Gasteiger partial charge in [-0.15, -0.1) is 10.2 Å². The standard InChI is InChI=1S/C19H18F2N2O3S/c1-12-6-7-13(2)16(8-12)24-10-17-22-23-19(26-17)27-11-14-4-3-5-15(9-14)25-18(20)21/h3-9,18H,10-11H2,1-2H3. The first-order chi connectivity index (χ1) is 13.0. The van der Waals surface area contributed by atoms with Gasteiger partial charge in [0, 0.05) is 5.75 Å². The van der Waals surface area contributed by atoms with Gasteiger partial charge in [0.05, 0.1) is 0 Å². The summed E-state index contributed by atoms with van der Waals surface area (Å²) in [5.41, 5.74) is 2.94. The van der Waals surface area contributed by atoms with E-state index in [1.807, 2.05) is 38.1 Å². The predicted molar refractivity (Wildman–Crippen MR) is 97.2 cm³/mol. The minimum atomic E-state index is -2.84. The van der Waals surface area contributed by atoms with Crippen molar-refractivity contribution in [1.82, 2.24) is 10.2 Å². The van der Waals surface area contributed by atoms with Crippen LogP contribution in [0.5, 0.6) is 11.5 Å². The molecule has 0 fully saturated rings. The molecule has 0 unspecified atom stereocenters. The molecule has 27 heavy (non-hydrogen) atoms. The Morgan fingerprint density at radius 1 is 1.11 bits per heavy atom. The van der Waals surface area contributed by atoms with Gasteiger partial charge in [-0.2, -0.15) is 8.78 Å². The number of alkyl halides is 2. The first-order valence-electron chi connectivity index (χ1n) is 8.18. The second kappa shape index (κ2) is 8.85. The Balaban J connectivity index is 1.54. The first-order valence-corrected chi connectivity index (χ1v) is 9.17. The van der Waals surface area contributed by atoms with Gasteiger partial charge < -0.3 is 13.9 Å². The zero-order valence-electron chi connectivity index (χ0n) is 14.8. The zero-order valence-corrected chi connectivity index (χ0v) is 15.6. The molecule has 0 radical (unpaired) electrons. The Morgan fingerprint density at radius 3 is 2.78 bits per heavy atom. The van der Waals surface area contributed by atoms with Crippen molar-refractivity contribution in [1.29, 1.82) is 0 Å². The quantitative estimate of drug-likeness (QED) is 0.494. The van der Waals surface area contributed by atoms with Crippen LogP contribution in [0.4, 0.5) is 8.78 Å². The minimum Gasteiger partial charge on any atom is -0.484 e. The molecule has 0 aliphatic rings. The molecule has 0 aliphatic carbocycles. The molecule has 0 atom stereocenters. The monoisotopic (exact) mass is 392 g/mol. The third kappa shape index (κ3) is 5.68. The van der Waals surface area contributed by atoms with Crippen molar-refractivity contribution >= 4 is 11.8 Å². The molecule has 142 valence electrons. The fourth-order valence-corrected chi connectivity index (χ4v) is 3.04. The van der Waals surface area contributed by atoms with Gasteiger partial charge in [0.1, 0.15) is 11.5 Å². The Morgan fingerprint density at radius 2 is 1.96 bits per heavy atom. The van der Waals surface area contributed by atoms with E-state index in [0.29, 0.717) is 16.9 Å². The number of halogens is 2. The zero-order chi connectivity index (χ0) is 19.2. The maximum absolute atomic E-state index is 12.3. The van der Waals surface area contributed by atoms with Crippen molar-refractivity contribution in [2.75, 3.05) is 0 Å². The van der Waals surface area contributed by atoms with Crippen LogP contribution in [0.25, 0.3) is 0 Å². The van der Waals surface area contributed by atoms with Crippen molar-refractivity contribution in [3.8, 4) is 11.5 Å². The van der Waals surface area contributed by atoms with Crippen molar-refractivity contribution in [2.24, 2.45) is 0 Å². The van der Waals surface area contributed by atoms with Crippen LogP contribution in [0.1, 0.15) is 22.6 Å². The van der Waals surface area contributed by atoms with Gasteiger partial charge in [-0.05, 0) is 48.7 Å². The summed E-state index contributed by atoms with van der Waals surface area (Å²) in [5.74, 6) is 1.75. The molecule has 0 bridgehead atoms. The van der Waals surface area contributed by atoms with Crippen LogP contribution in [-0.4, -0.2) is 16.8 Å². The summed E-state index contributed by atoms with van der Waals surface area (Å²) in [6.07, 6.45) is 0. The van der Waals surface area contributed by atoms with Crippen molar-refractivity contribution in [3.63, 3.8) is 0 Å². The summed E-state index contributed by atoms with van der Waals surface area (Å²) in [6, 6.07) is 12.5. The second-order valence-electron chi connectivity index (χ2n) is 5.83. The lowest BCUT2D eigenvalue weighted by atomic mass is 10.1. The highest BCUT2D eigenvalue weighted by atomic mass is 32.2. The Kier molecular flexibility index (Phi) is 6.28. The number of aromatic nitrogens is 2. The average molecular weight is 392 g/mol. The summed E-state index contributed by atoms with van der Waals surface area (Å²) >= 11 is 1.31. The van der Waals surface area contributed by atoms with Gasteiger partial charge in [-0.25, -0.2) is 0 Å². The van der Waals surface area contributed by atoms with E-state index in [4.69, 9.17) is 9.15 Å². The van der Waals surface area contributed by atoms with E-state index in [0.717, 1.165) is 22.4 Å². The van der Waals surface area contributed by atoms with Crippen molar-refractivity contribution < 1.29 is 22.7 Å². The van der Waals surface area contributed by atoms with Crippen LogP contribution < -0.4 is 9.47 Å². The molecule has 1 aromatic heterocycles. The summed E-state index contributed by atoms with van der Waals surface area (Å²) in [6.45, 7) is 1.30. The summed E-state index contributed by atoms with van der Waals surface area (Å²) in [7, 11) is 0. The molecule has 3 aromatic rings. The summed E-state index contributed by atoms with van der Waals surface area (Å²) in [4.78, 5) is 0. The number of thioether (sulfide) groups is 1. The lowest BCUT2D eigenvalue weighted by Crippen LogP contribution is -2.01. The highest BCUT2D eigenvalue weighted by molar-refractivity contribution is 7.98.